The summed E-state index contributed by atoms with van der Waals surface area (Å²) in [4.78, 5) is 23.4. The van der Waals surface area contributed by atoms with Crippen LogP contribution in [0.1, 0.15) is 41.9 Å². The molecule has 0 saturated carbocycles. The van der Waals surface area contributed by atoms with E-state index in [9.17, 15) is 18.0 Å². The average Bonchev–Trinajstić information content (AvgIpc) is 2.98. The molecule has 1 unspecified atom stereocenters. The van der Waals surface area contributed by atoms with Crippen LogP contribution < -0.4 is 5.32 Å². The summed E-state index contributed by atoms with van der Waals surface area (Å²) in [6, 6.07) is 4.33. The Kier molecular flexibility index (Phi) is 4.51. The zero-order valence-corrected chi connectivity index (χ0v) is 15.5. The molecular formula is C20H21F3N4O. The molecule has 1 N–H and O–H groups in total. The van der Waals surface area contributed by atoms with Gasteiger partial charge in [0.15, 0.2) is 0 Å². The Morgan fingerprint density at radius 1 is 1.29 bits per heavy atom. The summed E-state index contributed by atoms with van der Waals surface area (Å²) >= 11 is 0. The predicted molar refractivity (Wildman–Crippen MR) is 98.0 cm³/mol. The van der Waals surface area contributed by atoms with Crippen molar-refractivity contribution >= 4 is 11.7 Å². The largest absolute Gasteiger partial charge is 0.416 e. The second-order valence-electron chi connectivity index (χ2n) is 7.61. The average molecular weight is 390 g/mol. The van der Waals surface area contributed by atoms with Crippen molar-refractivity contribution in [1.29, 1.82) is 0 Å². The van der Waals surface area contributed by atoms with Crippen molar-refractivity contribution in [2.24, 2.45) is 0 Å². The smallest absolute Gasteiger partial charge is 0.324 e. The van der Waals surface area contributed by atoms with Crippen molar-refractivity contribution in [2.45, 2.75) is 44.2 Å². The number of amides is 2. The molecule has 0 bridgehead atoms. The molecule has 2 amide bonds. The fourth-order valence-electron chi connectivity index (χ4n) is 4.31. The molecule has 4 rings (SSSR count). The molecule has 1 atom stereocenters. The lowest BCUT2D eigenvalue weighted by Crippen LogP contribution is -2.49. The highest BCUT2D eigenvalue weighted by atomic mass is 19.4. The van der Waals surface area contributed by atoms with Gasteiger partial charge in [0.05, 0.1) is 11.3 Å². The first-order valence-corrected chi connectivity index (χ1v) is 9.33. The quantitative estimate of drug-likeness (QED) is 0.789. The molecule has 1 aromatic heterocycles. The van der Waals surface area contributed by atoms with E-state index in [1.807, 2.05) is 13.1 Å². The van der Waals surface area contributed by atoms with Gasteiger partial charge < -0.3 is 10.2 Å². The number of likely N-dealkylation sites (tertiary alicyclic amines) is 1. The Morgan fingerprint density at radius 2 is 2.11 bits per heavy atom. The summed E-state index contributed by atoms with van der Waals surface area (Å²) in [5.74, 6) is 0.713. The molecule has 1 aliphatic carbocycles. The van der Waals surface area contributed by atoms with Crippen molar-refractivity contribution in [3.8, 4) is 0 Å². The first-order chi connectivity index (χ1) is 13.3. The molecule has 1 fully saturated rings. The van der Waals surface area contributed by atoms with Crippen LogP contribution in [-0.4, -0.2) is 34.0 Å². The van der Waals surface area contributed by atoms with Crippen LogP contribution in [0.25, 0.3) is 0 Å². The van der Waals surface area contributed by atoms with E-state index in [4.69, 9.17) is 0 Å². The molecule has 1 saturated heterocycles. The van der Waals surface area contributed by atoms with Gasteiger partial charge in [-0.25, -0.2) is 14.8 Å². The molecule has 8 heteroatoms. The monoisotopic (exact) mass is 390 g/mol. The maximum absolute atomic E-state index is 12.9. The summed E-state index contributed by atoms with van der Waals surface area (Å²) in [6.45, 7) is 2.94. The Bertz CT molecular complexity index is 911. The number of benzene rings is 1. The van der Waals surface area contributed by atoms with E-state index >= 15 is 0 Å². The highest BCUT2D eigenvalue weighted by molar-refractivity contribution is 5.89. The van der Waals surface area contributed by atoms with Crippen molar-refractivity contribution in [3.05, 3.63) is 53.1 Å². The molecule has 148 valence electrons. The van der Waals surface area contributed by atoms with Gasteiger partial charge in [-0.05, 0) is 56.4 Å². The summed E-state index contributed by atoms with van der Waals surface area (Å²) in [7, 11) is 0. The summed E-state index contributed by atoms with van der Waals surface area (Å²) < 4.78 is 38.7. The predicted octanol–water partition coefficient (Wildman–Crippen LogP) is 4.32. The Morgan fingerprint density at radius 3 is 2.89 bits per heavy atom. The summed E-state index contributed by atoms with van der Waals surface area (Å²) in [5.41, 5.74) is 1.33. The van der Waals surface area contributed by atoms with Gasteiger partial charge in [0.2, 0.25) is 0 Å². The number of nitrogens with zero attached hydrogens (tertiary/aromatic N) is 3. The van der Waals surface area contributed by atoms with E-state index in [1.165, 1.54) is 12.1 Å². The molecule has 5 nitrogen and oxygen atoms in total. The lowest BCUT2D eigenvalue weighted by Gasteiger charge is -2.40. The van der Waals surface area contributed by atoms with Crippen molar-refractivity contribution in [3.63, 3.8) is 0 Å². The second kappa shape index (κ2) is 6.76. The molecule has 2 aromatic rings. The van der Waals surface area contributed by atoms with Crippen molar-refractivity contribution in [1.82, 2.24) is 14.9 Å². The van der Waals surface area contributed by atoms with Crippen LogP contribution in [0.5, 0.6) is 0 Å². The number of alkyl halides is 3. The van der Waals surface area contributed by atoms with Gasteiger partial charge in [0, 0.05) is 30.4 Å². The third-order valence-electron chi connectivity index (χ3n) is 5.67. The number of halogens is 3. The van der Waals surface area contributed by atoms with Crippen LogP contribution in [0.3, 0.4) is 0 Å². The number of aromatic nitrogens is 2. The lowest BCUT2D eigenvalue weighted by atomic mass is 9.77. The number of rotatable bonds is 1. The normalized spacial score (nSPS) is 21.6. The molecule has 2 aliphatic rings. The maximum Gasteiger partial charge on any atom is 0.416 e. The van der Waals surface area contributed by atoms with E-state index in [0.29, 0.717) is 18.9 Å². The van der Waals surface area contributed by atoms with Crippen molar-refractivity contribution in [2.75, 3.05) is 18.4 Å². The van der Waals surface area contributed by atoms with E-state index in [1.54, 1.807) is 4.90 Å². The van der Waals surface area contributed by atoms with Gasteiger partial charge in [-0.15, -0.1) is 0 Å². The number of fused-ring (bicyclic) bond motifs is 2. The minimum Gasteiger partial charge on any atom is -0.324 e. The summed E-state index contributed by atoms with van der Waals surface area (Å²) in [5, 5.41) is 2.62. The number of nitrogens with one attached hydrogen (secondary N) is 1. The number of carbonyl (C=O) groups is 1. The van der Waals surface area contributed by atoms with E-state index in [2.05, 4.69) is 15.3 Å². The van der Waals surface area contributed by atoms with Gasteiger partial charge >= 0.3 is 12.2 Å². The Labute approximate surface area is 161 Å². The van der Waals surface area contributed by atoms with Crippen molar-refractivity contribution < 1.29 is 18.0 Å². The Hall–Kier alpha value is -2.64. The van der Waals surface area contributed by atoms with E-state index in [0.717, 1.165) is 49.1 Å². The highest BCUT2D eigenvalue weighted by Crippen LogP contribution is 2.44. The first-order valence-electron chi connectivity index (χ1n) is 9.33. The summed E-state index contributed by atoms with van der Waals surface area (Å²) in [6.07, 6.45) is 1.00. The number of urea groups is 1. The molecule has 1 aliphatic heterocycles. The van der Waals surface area contributed by atoms with Crippen LogP contribution in [0.2, 0.25) is 0 Å². The molecule has 1 aromatic carbocycles. The van der Waals surface area contributed by atoms with Gasteiger partial charge in [-0.2, -0.15) is 13.2 Å². The molecule has 28 heavy (non-hydrogen) atoms. The maximum atomic E-state index is 12.9. The van der Waals surface area contributed by atoms with Gasteiger partial charge in [-0.1, -0.05) is 6.07 Å². The second-order valence-corrected chi connectivity index (χ2v) is 7.61. The van der Waals surface area contributed by atoms with Gasteiger partial charge in [0.1, 0.15) is 5.82 Å². The molecule has 2 heterocycles. The van der Waals surface area contributed by atoms with Gasteiger partial charge in [-0.3, -0.25) is 0 Å². The standard InChI is InChI=1S/C20H21F3N4O/c1-13-24-11-14-6-8-19(17(14)25-13)7-3-9-27(12-19)18(28)26-16-5-2-4-15(10-16)20(21,22)23/h2,4-5,10-11H,3,6-9,12H2,1H3,(H,26,28). The van der Waals surface area contributed by atoms with Crippen LogP contribution in [0.15, 0.2) is 30.5 Å². The number of hydrogen-bond acceptors (Lipinski definition) is 3. The topological polar surface area (TPSA) is 58.1 Å². The number of piperidine rings is 1. The number of carbonyl (C=O) groups excluding carboxylic acids is 1. The van der Waals surface area contributed by atoms with E-state index < -0.39 is 11.7 Å². The Balaban J connectivity index is 1.52. The zero-order chi connectivity index (χ0) is 19.9. The van der Waals surface area contributed by atoms with Crippen LogP contribution in [0, 0.1) is 6.92 Å². The third-order valence-corrected chi connectivity index (χ3v) is 5.67. The SMILES string of the molecule is Cc1ncc2c(n1)C1(CCCN(C(=O)Nc3cccc(C(F)(F)F)c3)C1)CC2. The lowest BCUT2D eigenvalue weighted by molar-refractivity contribution is -0.137. The van der Waals surface area contributed by atoms with Crippen LogP contribution in [-0.2, 0) is 18.0 Å². The minimum absolute atomic E-state index is 0.143. The van der Waals surface area contributed by atoms with Crippen LogP contribution >= 0.6 is 0 Å². The molecular weight excluding hydrogens is 369 g/mol. The fraction of sp³-hybridized carbons (Fsp3) is 0.450. The number of hydrogen-bond donors (Lipinski definition) is 1. The number of anilines is 1. The third kappa shape index (κ3) is 3.43. The number of aryl methyl sites for hydroxylation is 2. The minimum atomic E-state index is -4.44. The van der Waals surface area contributed by atoms with E-state index in [-0.39, 0.29) is 17.1 Å². The first kappa shape index (κ1) is 18.7. The van der Waals surface area contributed by atoms with Crippen LogP contribution in [0.4, 0.5) is 23.7 Å². The molecule has 0 radical (unpaired) electrons. The zero-order valence-electron chi connectivity index (χ0n) is 15.5. The van der Waals surface area contributed by atoms with Gasteiger partial charge in [0.25, 0.3) is 0 Å². The fourth-order valence-corrected chi connectivity index (χ4v) is 4.31. The highest BCUT2D eigenvalue weighted by Gasteiger charge is 2.44. The molecule has 1 spiro atoms.